The van der Waals surface area contributed by atoms with Gasteiger partial charge in [0.25, 0.3) is 11.8 Å². The van der Waals surface area contributed by atoms with Crippen molar-refractivity contribution in [3.63, 3.8) is 0 Å². The first kappa shape index (κ1) is 21.5. The minimum atomic E-state index is -2.98. The van der Waals surface area contributed by atoms with Gasteiger partial charge in [0.2, 0.25) is 0 Å². The molecule has 0 saturated carbocycles. The summed E-state index contributed by atoms with van der Waals surface area (Å²) >= 11 is 0. The maximum atomic E-state index is 12.1. The lowest BCUT2D eigenvalue weighted by atomic mass is 10.2. The predicted molar refractivity (Wildman–Crippen MR) is 98.5 cm³/mol. The van der Waals surface area contributed by atoms with Crippen molar-refractivity contribution in [3.8, 4) is 11.5 Å². The molecule has 2 rings (SSSR count). The van der Waals surface area contributed by atoms with Crippen molar-refractivity contribution in [2.75, 3.05) is 13.7 Å². The number of benzene rings is 2. The number of amides is 2. The summed E-state index contributed by atoms with van der Waals surface area (Å²) in [4.78, 5) is 35.4. The van der Waals surface area contributed by atoms with Crippen LogP contribution < -0.4 is 14.8 Å². The van der Waals surface area contributed by atoms with E-state index in [1.807, 2.05) is 5.32 Å². The van der Waals surface area contributed by atoms with Crippen molar-refractivity contribution in [1.82, 2.24) is 5.32 Å². The highest BCUT2D eigenvalue weighted by molar-refractivity contribution is 6.05. The largest absolute Gasteiger partial charge is 0.496 e. The number of alkyl halides is 2. The van der Waals surface area contributed by atoms with Gasteiger partial charge in [0.05, 0.1) is 7.11 Å². The van der Waals surface area contributed by atoms with Gasteiger partial charge in [0.15, 0.2) is 6.61 Å². The quantitative estimate of drug-likeness (QED) is 0.537. The zero-order valence-electron chi connectivity index (χ0n) is 15.3. The van der Waals surface area contributed by atoms with Gasteiger partial charge in [-0.2, -0.15) is 8.78 Å². The Morgan fingerprint density at radius 3 is 2.41 bits per heavy atom. The van der Waals surface area contributed by atoms with E-state index >= 15 is 0 Å². The molecule has 0 atom stereocenters. The highest BCUT2D eigenvalue weighted by atomic mass is 19.3. The number of carbonyl (C=O) groups is 3. The minimum absolute atomic E-state index is 0.0439. The van der Waals surface area contributed by atoms with Gasteiger partial charge in [-0.15, -0.1) is 0 Å². The fourth-order valence-electron chi connectivity index (χ4n) is 2.17. The second-order valence-corrected chi connectivity index (χ2v) is 5.46. The van der Waals surface area contributed by atoms with E-state index < -0.39 is 31.0 Å². The third kappa shape index (κ3) is 7.06. The van der Waals surface area contributed by atoms with Crippen molar-refractivity contribution in [3.05, 3.63) is 65.7 Å². The lowest BCUT2D eigenvalue weighted by molar-refractivity contribution is -0.143. The predicted octanol–water partition coefficient (Wildman–Crippen LogP) is 2.81. The number of para-hydroxylation sites is 1. The van der Waals surface area contributed by atoms with Gasteiger partial charge in [-0.3, -0.25) is 14.9 Å². The molecule has 0 spiro atoms. The summed E-state index contributed by atoms with van der Waals surface area (Å²) in [5.74, 6) is -1.98. The molecule has 0 aromatic heterocycles. The number of hydrogen-bond donors (Lipinski definition) is 1. The van der Waals surface area contributed by atoms with Gasteiger partial charge >= 0.3 is 12.6 Å². The number of carbonyl (C=O) groups excluding carboxylic acids is 3. The van der Waals surface area contributed by atoms with Gasteiger partial charge in [0.1, 0.15) is 11.5 Å². The Morgan fingerprint density at radius 2 is 1.76 bits per heavy atom. The SMILES string of the molecule is COc1ccccc1/C=C/C(=O)OCC(=O)NC(=O)c1ccc(OC(F)F)cc1. The molecule has 29 heavy (non-hydrogen) atoms. The molecule has 0 aliphatic heterocycles. The number of imide groups is 1. The van der Waals surface area contributed by atoms with Crippen LogP contribution >= 0.6 is 0 Å². The summed E-state index contributed by atoms with van der Waals surface area (Å²) in [6.45, 7) is -3.66. The fourth-order valence-corrected chi connectivity index (χ4v) is 2.17. The first-order valence-corrected chi connectivity index (χ1v) is 8.26. The number of ether oxygens (including phenoxy) is 3. The van der Waals surface area contributed by atoms with E-state index in [0.717, 1.165) is 18.2 Å². The standard InChI is InChI=1S/C20H17F2NO6/c1-27-16-5-3-2-4-13(16)8-11-18(25)28-12-17(24)23-19(26)14-6-9-15(10-7-14)29-20(21)22/h2-11,20H,12H2,1H3,(H,23,24,26)/b11-8+. The van der Waals surface area contributed by atoms with Crippen molar-refractivity contribution in [1.29, 1.82) is 0 Å². The monoisotopic (exact) mass is 405 g/mol. The Bertz CT molecular complexity index is 896. The van der Waals surface area contributed by atoms with Gasteiger partial charge in [-0.1, -0.05) is 18.2 Å². The lowest BCUT2D eigenvalue weighted by Gasteiger charge is -2.07. The Morgan fingerprint density at radius 1 is 1.07 bits per heavy atom. The zero-order chi connectivity index (χ0) is 21.2. The third-order valence-corrected chi connectivity index (χ3v) is 3.48. The van der Waals surface area contributed by atoms with Crippen LogP contribution in [0.4, 0.5) is 8.78 Å². The van der Waals surface area contributed by atoms with Crippen LogP contribution in [0, 0.1) is 0 Å². The minimum Gasteiger partial charge on any atom is -0.496 e. The molecule has 0 aliphatic rings. The van der Waals surface area contributed by atoms with Crippen LogP contribution in [-0.4, -0.2) is 38.1 Å². The molecular formula is C20H17F2NO6. The van der Waals surface area contributed by atoms with Crippen LogP contribution in [0.25, 0.3) is 6.08 Å². The van der Waals surface area contributed by atoms with Crippen molar-refractivity contribution in [2.45, 2.75) is 6.61 Å². The summed E-state index contributed by atoms with van der Waals surface area (Å²) in [6, 6.07) is 11.7. The van der Waals surface area contributed by atoms with Crippen LogP contribution in [-0.2, 0) is 14.3 Å². The van der Waals surface area contributed by atoms with E-state index in [0.29, 0.717) is 11.3 Å². The number of esters is 1. The Labute approximate surface area is 164 Å². The lowest BCUT2D eigenvalue weighted by Crippen LogP contribution is -2.34. The van der Waals surface area contributed by atoms with E-state index in [4.69, 9.17) is 9.47 Å². The fraction of sp³-hybridized carbons (Fsp3) is 0.150. The van der Waals surface area contributed by atoms with E-state index in [1.165, 1.54) is 25.3 Å². The van der Waals surface area contributed by atoms with Crippen LogP contribution in [0.3, 0.4) is 0 Å². The highest BCUT2D eigenvalue weighted by Gasteiger charge is 2.13. The Kier molecular flexibility index (Phi) is 7.84. The highest BCUT2D eigenvalue weighted by Crippen LogP contribution is 2.18. The molecule has 9 heteroatoms. The molecule has 2 aromatic rings. The molecular weight excluding hydrogens is 388 g/mol. The van der Waals surface area contributed by atoms with E-state index in [2.05, 4.69) is 4.74 Å². The van der Waals surface area contributed by atoms with Crippen LogP contribution in [0.15, 0.2) is 54.6 Å². The van der Waals surface area contributed by atoms with E-state index in [9.17, 15) is 23.2 Å². The van der Waals surface area contributed by atoms with Gasteiger partial charge in [-0.05, 0) is 36.4 Å². The molecule has 0 bridgehead atoms. The smallest absolute Gasteiger partial charge is 0.387 e. The molecule has 1 N–H and O–H groups in total. The van der Waals surface area contributed by atoms with E-state index in [1.54, 1.807) is 24.3 Å². The zero-order valence-corrected chi connectivity index (χ0v) is 15.3. The summed E-state index contributed by atoms with van der Waals surface area (Å²) in [6.07, 6.45) is 2.59. The average molecular weight is 405 g/mol. The third-order valence-electron chi connectivity index (χ3n) is 3.48. The first-order valence-electron chi connectivity index (χ1n) is 8.26. The second kappa shape index (κ2) is 10.5. The van der Waals surface area contributed by atoms with Crippen molar-refractivity contribution >= 4 is 23.9 Å². The number of rotatable bonds is 8. The summed E-state index contributed by atoms with van der Waals surface area (Å²) < 4.78 is 38.2. The molecule has 152 valence electrons. The number of halogens is 2. The maximum Gasteiger partial charge on any atom is 0.387 e. The Balaban J connectivity index is 1.82. The molecule has 2 amide bonds. The normalized spacial score (nSPS) is 10.6. The van der Waals surface area contributed by atoms with Crippen LogP contribution in [0.2, 0.25) is 0 Å². The summed E-state index contributed by atoms with van der Waals surface area (Å²) in [7, 11) is 1.49. The number of methoxy groups -OCH3 is 1. The van der Waals surface area contributed by atoms with Crippen LogP contribution in [0.5, 0.6) is 11.5 Å². The molecule has 0 radical (unpaired) electrons. The molecule has 0 aliphatic carbocycles. The molecule has 0 heterocycles. The molecule has 7 nitrogen and oxygen atoms in total. The number of hydrogen-bond acceptors (Lipinski definition) is 6. The van der Waals surface area contributed by atoms with Crippen molar-refractivity contribution < 1.29 is 37.4 Å². The van der Waals surface area contributed by atoms with Gasteiger partial charge in [-0.25, -0.2) is 4.79 Å². The topological polar surface area (TPSA) is 90.9 Å². The average Bonchev–Trinajstić information content (AvgIpc) is 2.71. The molecule has 0 fully saturated rings. The van der Waals surface area contributed by atoms with E-state index in [-0.39, 0.29) is 11.3 Å². The first-order chi connectivity index (χ1) is 13.9. The van der Waals surface area contributed by atoms with Crippen molar-refractivity contribution in [2.24, 2.45) is 0 Å². The molecule has 0 saturated heterocycles. The Hall–Kier alpha value is -3.75. The van der Waals surface area contributed by atoms with Crippen LogP contribution in [0.1, 0.15) is 15.9 Å². The van der Waals surface area contributed by atoms with Gasteiger partial charge in [0, 0.05) is 17.2 Å². The molecule has 2 aromatic carbocycles. The maximum absolute atomic E-state index is 12.1. The van der Waals surface area contributed by atoms with Gasteiger partial charge < -0.3 is 14.2 Å². The summed E-state index contributed by atoms with van der Waals surface area (Å²) in [5.41, 5.74) is 0.688. The molecule has 0 unspecified atom stereocenters. The number of nitrogens with one attached hydrogen (secondary N) is 1. The second-order valence-electron chi connectivity index (χ2n) is 5.46. The summed E-state index contributed by atoms with van der Waals surface area (Å²) in [5, 5.41) is 2.02.